The Hall–Kier alpha value is -1.93. The molecule has 1 saturated heterocycles. The van der Waals surface area contributed by atoms with Crippen LogP contribution in [0.25, 0.3) is 11.0 Å². The Morgan fingerprint density at radius 2 is 2.30 bits per heavy atom. The Kier molecular flexibility index (Phi) is 3.78. The number of nitrogens with one attached hydrogen (secondary N) is 1. The summed E-state index contributed by atoms with van der Waals surface area (Å²) in [6, 6.07) is 2.55. The number of imidazole rings is 1. The third kappa shape index (κ3) is 2.61. The number of carbonyl (C=O) groups is 1. The van der Waals surface area contributed by atoms with Crippen LogP contribution in [0.15, 0.2) is 30.0 Å². The third-order valence-corrected chi connectivity index (χ3v) is 5.74. The molecule has 0 aliphatic carbocycles. The smallest absolute Gasteiger partial charge is 0.256 e. The second-order valence-electron chi connectivity index (χ2n) is 5.21. The number of thiazole rings is 1. The minimum atomic E-state index is -0.442. The number of thioether (sulfide) groups is 1. The molecule has 3 heterocycles. The molecule has 118 valence electrons. The van der Waals surface area contributed by atoms with Crippen molar-refractivity contribution in [2.24, 2.45) is 0 Å². The van der Waals surface area contributed by atoms with E-state index in [1.807, 2.05) is 5.38 Å². The molecule has 4 rings (SSSR count). The number of aromatic nitrogens is 3. The van der Waals surface area contributed by atoms with Gasteiger partial charge >= 0.3 is 0 Å². The first-order valence-corrected chi connectivity index (χ1v) is 9.18. The monoisotopic (exact) mass is 348 g/mol. The number of carbonyl (C=O) groups excluding carboxylic acids is 1. The van der Waals surface area contributed by atoms with Gasteiger partial charge in [-0.3, -0.25) is 4.79 Å². The maximum absolute atomic E-state index is 13.8. The Balaban J connectivity index is 1.75. The minimum absolute atomic E-state index is 0.0708. The van der Waals surface area contributed by atoms with Gasteiger partial charge in [-0.25, -0.2) is 14.4 Å². The van der Waals surface area contributed by atoms with E-state index in [1.165, 1.54) is 18.5 Å². The SMILES string of the molecule is O=C(c1cc(F)cc2[nH]cnc12)N1CCSC[C@@H]1c1nccs1. The highest BCUT2D eigenvalue weighted by Gasteiger charge is 2.32. The molecule has 1 fully saturated rings. The van der Waals surface area contributed by atoms with E-state index in [1.54, 1.807) is 34.2 Å². The van der Waals surface area contributed by atoms with Crippen LogP contribution < -0.4 is 0 Å². The molecule has 1 atom stereocenters. The first-order valence-electron chi connectivity index (χ1n) is 7.15. The highest BCUT2D eigenvalue weighted by molar-refractivity contribution is 7.99. The zero-order valence-corrected chi connectivity index (χ0v) is 13.7. The molecule has 5 nitrogen and oxygen atoms in total. The average molecular weight is 348 g/mol. The van der Waals surface area contributed by atoms with Gasteiger partial charge < -0.3 is 9.88 Å². The predicted octanol–water partition coefficient (Wildman–Crippen LogP) is 3.09. The summed E-state index contributed by atoms with van der Waals surface area (Å²) >= 11 is 3.34. The average Bonchev–Trinajstić information content (AvgIpc) is 3.24. The van der Waals surface area contributed by atoms with Gasteiger partial charge in [-0.05, 0) is 12.1 Å². The molecule has 0 bridgehead atoms. The summed E-state index contributed by atoms with van der Waals surface area (Å²) < 4.78 is 13.8. The van der Waals surface area contributed by atoms with Crippen molar-refractivity contribution in [3.63, 3.8) is 0 Å². The number of H-pyrrole nitrogens is 1. The van der Waals surface area contributed by atoms with Crippen LogP contribution in [0.3, 0.4) is 0 Å². The Morgan fingerprint density at radius 1 is 1.39 bits per heavy atom. The number of halogens is 1. The van der Waals surface area contributed by atoms with Gasteiger partial charge in [0.05, 0.1) is 23.4 Å². The number of nitrogens with zero attached hydrogens (tertiary/aromatic N) is 3. The van der Waals surface area contributed by atoms with Crippen LogP contribution in [0.1, 0.15) is 21.4 Å². The van der Waals surface area contributed by atoms with E-state index in [0.29, 0.717) is 23.1 Å². The fourth-order valence-corrected chi connectivity index (χ4v) is 4.69. The van der Waals surface area contributed by atoms with E-state index in [4.69, 9.17) is 0 Å². The predicted molar refractivity (Wildman–Crippen MR) is 89.3 cm³/mol. The summed E-state index contributed by atoms with van der Waals surface area (Å²) in [6.07, 6.45) is 3.22. The van der Waals surface area contributed by atoms with Crippen molar-refractivity contribution < 1.29 is 9.18 Å². The number of hydrogen-bond acceptors (Lipinski definition) is 5. The van der Waals surface area contributed by atoms with E-state index in [9.17, 15) is 9.18 Å². The summed E-state index contributed by atoms with van der Waals surface area (Å²) in [5, 5.41) is 2.82. The molecular weight excluding hydrogens is 335 g/mol. The van der Waals surface area contributed by atoms with E-state index in [0.717, 1.165) is 16.5 Å². The lowest BCUT2D eigenvalue weighted by atomic mass is 10.1. The molecule has 1 N–H and O–H groups in total. The molecule has 0 unspecified atom stereocenters. The molecule has 2 aromatic heterocycles. The molecule has 23 heavy (non-hydrogen) atoms. The molecule has 0 spiro atoms. The van der Waals surface area contributed by atoms with Crippen LogP contribution >= 0.6 is 23.1 Å². The summed E-state index contributed by atoms with van der Waals surface area (Å²) in [5.41, 5.74) is 1.34. The number of aromatic amines is 1. The van der Waals surface area contributed by atoms with Gasteiger partial charge in [0.1, 0.15) is 16.3 Å². The Labute approximate surface area is 139 Å². The van der Waals surface area contributed by atoms with Gasteiger partial charge in [0, 0.05) is 29.6 Å². The standard InChI is InChI=1S/C15H13FN4OS2/c16-9-5-10(13-11(6-9)18-8-19-13)15(21)20-2-4-22-7-12(20)14-17-1-3-23-14/h1,3,5-6,8,12H,2,4,7H2,(H,18,19)/t12-/m1/s1. The number of benzene rings is 1. The van der Waals surface area contributed by atoms with E-state index in [2.05, 4.69) is 15.0 Å². The lowest BCUT2D eigenvalue weighted by Crippen LogP contribution is -2.40. The molecule has 8 heteroatoms. The maximum atomic E-state index is 13.8. The van der Waals surface area contributed by atoms with Crippen molar-refractivity contribution in [2.75, 3.05) is 18.1 Å². The summed E-state index contributed by atoms with van der Waals surface area (Å²) in [6.45, 7) is 0.621. The highest BCUT2D eigenvalue weighted by atomic mass is 32.2. The normalized spacial score (nSPS) is 18.5. The van der Waals surface area contributed by atoms with E-state index < -0.39 is 5.82 Å². The second-order valence-corrected chi connectivity index (χ2v) is 7.29. The van der Waals surface area contributed by atoms with Crippen LogP contribution in [-0.2, 0) is 0 Å². The summed E-state index contributed by atoms with van der Waals surface area (Å²) in [4.78, 5) is 26.2. The lowest BCUT2D eigenvalue weighted by Gasteiger charge is -2.34. The van der Waals surface area contributed by atoms with Crippen molar-refractivity contribution in [2.45, 2.75) is 6.04 Å². The van der Waals surface area contributed by atoms with Crippen molar-refractivity contribution in [3.8, 4) is 0 Å². The van der Waals surface area contributed by atoms with Gasteiger partial charge in [0.25, 0.3) is 5.91 Å². The van der Waals surface area contributed by atoms with Crippen LogP contribution in [-0.4, -0.2) is 43.8 Å². The molecule has 3 aromatic rings. The second kappa shape index (κ2) is 5.93. The van der Waals surface area contributed by atoms with Crippen molar-refractivity contribution >= 4 is 40.0 Å². The van der Waals surface area contributed by atoms with Gasteiger partial charge in [-0.15, -0.1) is 11.3 Å². The fourth-order valence-electron chi connectivity index (χ4n) is 2.78. The largest absolute Gasteiger partial charge is 0.344 e. The molecule has 0 saturated carbocycles. The Morgan fingerprint density at radius 3 is 3.13 bits per heavy atom. The van der Waals surface area contributed by atoms with E-state index >= 15 is 0 Å². The Bertz CT molecular complexity index is 848. The van der Waals surface area contributed by atoms with E-state index in [-0.39, 0.29) is 11.9 Å². The summed E-state index contributed by atoms with van der Waals surface area (Å²) in [7, 11) is 0. The van der Waals surface area contributed by atoms with Crippen molar-refractivity contribution in [1.29, 1.82) is 0 Å². The number of fused-ring (bicyclic) bond motifs is 1. The van der Waals surface area contributed by atoms with Gasteiger partial charge in [-0.1, -0.05) is 0 Å². The molecule has 1 amide bonds. The zero-order valence-electron chi connectivity index (χ0n) is 12.0. The van der Waals surface area contributed by atoms with Gasteiger partial charge in [-0.2, -0.15) is 11.8 Å². The minimum Gasteiger partial charge on any atom is -0.344 e. The molecule has 1 aliphatic rings. The van der Waals surface area contributed by atoms with Crippen LogP contribution in [0, 0.1) is 5.82 Å². The van der Waals surface area contributed by atoms with Gasteiger partial charge in [0.15, 0.2) is 0 Å². The first kappa shape index (κ1) is 14.6. The molecule has 1 aliphatic heterocycles. The quantitative estimate of drug-likeness (QED) is 0.773. The zero-order chi connectivity index (χ0) is 15.8. The van der Waals surface area contributed by atoms with Crippen molar-refractivity contribution in [3.05, 3.63) is 46.4 Å². The number of amides is 1. The summed E-state index contributed by atoms with van der Waals surface area (Å²) in [5.74, 6) is 1.04. The van der Waals surface area contributed by atoms with Gasteiger partial charge in [0.2, 0.25) is 0 Å². The van der Waals surface area contributed by atoms with Crippen LogP contribution in [0.5, 0.6) is 0 Å². The van der Waals surface area contributed by atoms with Crippen LogP contribution in [0.4, 0.5) is 4.39 Å². The van der Waals surface area contributed by atoms with Crippen molar-refractivity contribution in [1.82, 2.24) is 19.9 Å². The first-order chi connectivity index (χ1) is 11.2. The fraction of sp³-hybridized carbons (Fsp3) is 0.267. The number of rotatable bonds is 2. The highest BCUT2D eigenvalue weighted by Crippen LogP contribution is 2.32. The molecular formula is C15H13FN4OS2. The lowest BCUT2D eigenvalue weighted by molar-refractivity contribution is 0.0702. The third-order valence-electron chi connectivity index (χ3n) is 3.84. The number of hydrogen-bond donors (Lipinski definition) is 1. The molecule has 0 radical (unpaired) electrons. The van der Waals surface area contributed by atoms with Crippen LogP contribution in [0.2, 0.25) is 0 Å². The molecule has 1 aromatic carbocycles. The maximum Gasteiger partial charge on any atom is 0.256 e. The topological polar surface area (TPSA) is 61.9 Å².